The van der Waals surface area contributed by atoms with E-state index < -0.39 is 28.6 Å². The maximum absolute atomic E-state index is 13.2. The Balaban J connectivity index is 1.26. The van der Waals surface area contributed by atoms with Gasteiger partial charge in [0.05, 0.1) is 11.0 Å². The predicted octanol–water partition coefficient (Wildman–Crippen LogP) is 4.99. The van der Waals surface area contributed by atoms with E-state index in [0.717, 1.165) is 36.3 Å². The molecule has 1 unspecified atom stereocenters. The third-order valence-electron chi connectivity index (χ3n) is 10.3. The fourth-order valence-corrected chi connectivity index (χ4v) is 8.01. The largest absolute Gasteiger partial charge is 0.477 e. The first-order valence-corrected chi connectivity index (χ1v) is 14.5. The van der Waals surface area contributed by atoms with E-state index >= 15 is 0 Å². The van der Waals surface area contributed by atoms with Gasteiger partial charge in [0.2, 0.25) is 0 Å². The third kappa shape index (κ3) is 3.82. The molecular formula is C31H41NO6. The summed E-state index contributed by atoms with van der Waals surface area (Å²) in [5, 5.41) is 12.4. The first kappa shape index (κ1) is 25.8. The number of Topliss-reactive ketones (excluding diaryl/α,β-unsaturated/α-hetero) is 2. The summed E-state index contributed by atoms with van der Waals surface area (Å²) in [4.78, 5) is 40.0. The molecule has 0 saturated heterocycles. The summed E-state index contributed by atoms with van der Waals surface area (Å²) in [6, 6.07) is 3.81. The van der Waals surface area contributed by atoms with Gasteiger partial charge >= 0.3 is 6.09 Å². The molecule has 1 heterocycles. The lowest BCUT2D eigenvalue weighted by molar-refractivity contribution is -0.189. The van der Waals surface area contributed by atoms with Crippen LogP contribution in [-0.4, -0.2) is 53.0 Å². The van der Waals surface area contributed by atoms with Crippen molar-refractivity contribution in [3.05, 3.63) is 23.3 Å². The maximum Gasteiger partial charge on any atom is 0.415 e. The number of amides is 1. The number of carbonyl (C=O) groups excluding carboxylic acids is 3. The van der Waals surface area contributed by atoms with Crippen LogP contribution in [0.15, 0.2) is 12.1 Å². The van der Waals surface area contributed by atoms with Gasteiger partial charge in [-0.1, -0.05) is 39.7 Å². The van der Waals surface area contributed by atoms with Gasteiger partial charge in [0.1, 0.15) is 5.78 Å². The summed E-state index contributed by atoms with van der Waals surface area (Å²) in [5.41, 5.74) is -0.0859. The molecule has 6 rings (SSSR count). The number of ether oxygens (including phenoxy) is 2. The van der Waals surface area contributed by atoms with E-state index in [1.165, 1.54) is 24.2 Å². The lowest BCUT2D eigenvalue weighted by Crippen LogP contribution is -2.71. The molecule has 1 aromatic rings. The molecule has 1 N–H and O–H groups in total. The number of ketones is 2. The Morgan fingerprint density at radius 2 is 1.95 bits per heavy atom. The molecule has 3 saturated carbocycles. The molecule has 7 nitrogen and oxygen atoms in total. The quantitative estimate of drug-likeness (QED) is 0.541. The minimum atomic E-state index is -0.972. The van der Waals surface area contributed by atoms with Crippen LogP contribution >= 0.6 is 0 Å². The fraction of sp³-hybridized carbons (Fsp3) is 0.710. The minimum absolute atomic E-state index is 0.0380. The topological polar surface area (TPSA) is 93.1 Å². The van der Waals surface area contributed by atoms with E-state index in [1.807, 2.05) is 26.8 Å². The van der Waals surface area contributed by atoms with Gasteiger partial charge in [-0.15, -0.1) is 0 Å². The zero-order valence-electron chi connectivity index (χ0n) is 23.2. The second-order valence-electron chi connectivity index (χ2n) is 13.6. The van der Waals surface area contributed by atoms with Crippen LogP contribution in [0.5, 0.6) is 11.5 Å². The Morgan fingerprint density at radius 1 is 1.18 bits per heavy atom. The summed E-state index contributed by atoms with van der Waals surface area (Å²) in [7, 11) is 1.66. The Bertz CT molecular complexity index is 1180. The van der Waals surface area contributed by atoms with E-state index in [4.69, 9.17) is 9.47 Å². The average molecular weight is 524 g/mol. The molecule has 5 aliphatic rings. The van der Waals surface area contributed by atoms with E-state index in [9.17, 15) is 19.5 Å². The minimum Gasteiger partial charge on any atom is -0.477 e. The van der Waals surface area contributed by atoms with Crippen molar-refractivity contribution in [1.29, 1.82) is 0 Å². The fourth-order valence-electron chi connectivity index (χ4n) is 8.01. The number of benzene rings is 1. The zero-order chi connectivity index (χ0) is 27.0. The molecule has 206 valence electrons. The van der Waals surface area contributed by atoms with Crippen molar-refractivity contribution in [2.75, 3.05) is 13.6 Å². The van der Waals surface area contributed by atoms with E-state index in [-0.39, 0.29) is 17.5 Å². The summed E-state index contributed by atoms with van der Waals surface area (Å²) in [6.45, 7) is 6.10. The van der Waals surface area contributed by atoms with Crippen molar-refractivity contribution in [2.24, 2.45) is 23.2 Å². The number of carbonyl (C=O) groups is 3. The molecule has 7 heteroatoms. The smallest absolute Gasteiger partial charge is 0.415 e. The molecule has 1 aromatic carbocycles. The van der Waals surface area contributed by atoms with Gasteiger partial charge < -0.3 is 19.5 Å². The van der Waals surface area contributed by atoms with Gasteiger partial charge in [0, 0.05) is 37.4 Å². The Hall–Kier alpha value is -2.41. The van der Waals surface area contributed by atoms with Gasteiger partial charge in [-0.25, -0.2) is 4.79 Å². The molecule has 5 atom stereocenters. The Labute approximate surface area is 225 Å². The molecule has 1 aliphatic heterocycles. The van der Waals surface area contributed by atoms with E-state index in [1.54, 1.807) is 13.1 Å². The highest BCUT2D eigenvalue weighted by molar-refractivity contribution is 5.90. The van der Waals surface area contributed by atoms with Gasteiger partial charge in [0.25, 0.3) is 0 Å². The van der Waals surface area contributed by atoms with E-state index in [2.05, 4.69) is 0 Å². The van der Waals surface area contributed by atoms with Gasteiger partial charge in [-0.05, 0) is 67.9 Å². The third-order valence-corrected chi connectivity index (χ3v) is 10.3. The number of rotatable bonds is 7. The van der Waals surface area contributed by atoms with E-state index in [0.29, 0.717) is 49.6 Å². The highest BCUT2D eigenvalue weighted by Gasteiger charge is 2.73. The molecule has 38 heavy (non-hydrogen) atoms. The van der Waals surface area contributed by atoms with Gasteiger partial charge in [0.15, 0.2) is 23.4 Å². The summed E-state index contributed by atoms with van der Waals surface area (Å²) >= 11 is 0. The predicted molar refractivity (Wildman–Crippen MR) is 141 cm³/mol. The Morgan fingerprint density at radius 3 is 2.66 bits per heavy atom. The summed E-state index contributed by atoms with van der Waals surface area (Å²) < 4.78 is 12.2. The highest BCUT2D eigenvalue weighted by Crippen LogP contribution is 2.68. The lowest BCUT2D eigenvalue weighted by atomic mass is 9.43. The van der Waals surface area contributed by atoms with Crippen LogP contribution in [0, 0.1) is 23.2 Å². The van der Waals surface area contributed by atoms with Crippen LogP contribution in [0.4, 0.5) is 4.79 Å². The summed E-state index contributed by atoms with van der Waals surface area (Å²) in [6.07, 6.45) is 6.80. The standard InChI is InChI=1S/C31H41NO6/c1-29(2,3)24(34)6-5-15-32(4)28(35)37-23-10-9-20-17-21-19(16-18-7-8-18)11-13-30-25(20)26(23)38-27(30)22(33)12-14-31(21,30)36/h9-10,18-19,21,27,36H,5-8,11-17H2,1-4H3/t19?,21-,27-,30-,31+/m0/s1. The molecule has 0 radical (unpaired) electrons. The van der Waals surface area contributed by atoms with Crippen LogP contribution in [0.2, 0.25) is 0 Å². The van der Waals surface area contributed by atoms with Crippen molar-refractivity contribution in [2.45, 2.75) is 102 Å². The van der Waals surface area contributed by atoms with Gasteiger partial charge in [-0.2, -0.15) is 0 Å². The SMILES string of the molecule is CN(CCCC(=O)C(C)(C)C)C(=O)Oc1ccc2c3c1O[C@H]1C(=O)CC[C@@]4(O)[C@@H](C2)C(CC2CC2)CC[C@]314. The van der Waals surface area contributed by atoms with Crippen molar-refractivity contribution in [3.63, 3.8) is 0 Å². The van der Waals surface area contributed by atoms with Crippen molar-refractivity contribution < 1.29 is 29.0 Å². The van der Waals surface area contributed by atoms with Crippen LogP contribution in [0.25, 0.3) is 0 Å². The lowest BCUT2D eigenvalue weighted by Gasteiger charge is -2.61. The highest BCUT2D eigenvalue weighted by atomic mass is 16.6. The van der Waals surface area contributed by atoms with Crippen molar-refractivity contribution in [3.8, 4) is 11.5 Å². The first-order valence-electron chi connectivity index (χ1n) is 14.5. The zero-order valence-corrected chi connectivity index (χ0v) is 23.2. The average Bonchev–Trinajstić information content (AvgIpc) is 3.60. The normalized spacial score (nSPS) is 32.9. The number of nitrogens with zero attached hydrogens (tertiary/aromatic N) is 1. The Kier molecular flexibility index (Phi) is 5.99. The molecule has 4 aliphatic carbocycles. The first-order chi connectivity index (χ1) is 18.0. The number of hydrogen-bond acceptors (Lipinski definition) is 6. The van der Waals surface area contributed by atoms with Gasteiger partial charge in [-0.3, -0.25) is 9.59 Å². The van der Waals surface area contributed by atoms with Crippen molar-refractivity contribution >= 4 is 17.7 Å². The monoisotopic (exact) mass is 523 g/mol. The molecule has 1 amide bonds. The molecule has 1 spiro atoms. The number of hydrogen-bond donors (Lipinski definition) is 1. The number of aliphatic hydroxyl groups is 1. The van der Waals surface area contributed by atoms with Crippen LogP contribution in [-0.2, 0) is 21.4 Å². The molecule has 2 bridgehead atoms. The molecule has 3 fully saturated rings. The van der Waals surface area contributed by atoms with Crippen LogP contribution < -0.4 is 9.47 Å². The summed E-state index contributed by atoms with van der Waals surface area (Å²) in [5.74, 6) is 2.37. The molecular weight excluding hydrogens is 482 g/mol. The molecule has 0 aromatic heterocycles. The second kappa shape index (κ2) is 8.80. The second-order valence-corrected chi connectivity index (χ2v) is 13.6. The van der Waals surface area contributed by atoms with Crippen LogP contribution in [0.3, 0.4) is 0 Å². The maximum atomic E-state index is 13.2. The van der Waals surface area contributed by atoms with Crippen LogP contribution in [0.1, 0.15) is 89.7 Å². The van der Waals surface area contributed by atoms with Crippen molar-refractivity contribution in [1.82, 2.24) is 4.90 Å².